The maximum Gasteiger partial charge on any atom is 0.407 e. The van der Waals surface area contributed by atoms with E-state index >= 15 is 0 Å². The first-order chi connectivity index (χ1) is 14.5. The van der Waals surface area contributed by atoms with Crippen LogP contribution in [-0.2, 0) is 6.42 Å². The molecule has 0 aliphatic heterocycles. The first kappa shape index (κ1) is 22.6. The quantitative estimate of drug-likeness (QED) is 0.568. The van der Waals surface area contributed by atoms with Crippen LogP contribution in [0.15, 0.2) is 36.8 Å². The van der Waals surface area contributed by atoms with Gasteiger partial charge in [-0.05, 0) is 39.0 Å². The summed E-state index contributed by atoms with van der Waals surface area (Å²) in [6, 6.07) is 3.60. The maximum absolute atomic E-state index is 14.8. The van der Waals surface area contributed by atoms with Crippen molar-refractivity contribution in [3.05, 3.63) is 65.0 Å². The summed E-state index contributed by atoms with van der Waals surface area (Å²) < 4.78 is 43.8. The first-order valence-corrected chi connectivity index (χ1v) is 9.70. The van der Waals surface area contributed by atoms with Crippen LogP contribution in [0.4, 0.5) is 18.0 Å². The van der Waals surface area contributed by atoms with E-state index in [1.54, 1.807) is 20.8 Å². The zero-order valence-electron chi connectivity index (χ0n) is 17.0. The molecule has 2 aromatic heterocycles. The van der Waals surface area contributed by atoms with Crippen molar-refractivity contribution in [1.82, 2.24) is 19.7 Å². The smallest absolute Gasteiger partial charge is 0.407 e. The Labute approximate surface area is 181 Å². The van der Waals surface area contributed by atoms with Crippen molar-refractivity contribution in [2.24, 2.45) is 0 Å². The van der Waals surface area contributed by atoms with Gasteiger partial charge >= 0.3 is 6.09 Å². The van der Waals surface area contributed by atoms with E-state index < -0.39 is 29.1 Å². The molecule has 0 aliphatic rings. The standard InChI is InChI=1S/C21H20ClF3N4O2/c1-21(2,3)28(20(30)31)5-4-18-16(24)6-12(9-26-18)15-7-13(22)8-17(25)19(15)29-11-14(23)10-27-29/h6-11H,4-5H2,1-3H3,(H,30,31). The molecule has 0 saturated heterocycles. The number of amides is 1. The molecule has 0 bridgehead atoms. The van der Waals surface area contributed by atoms with Crippen LogP contribution in [-0.4, -0.2) is 42.9 Å². The molecule has 1 N–H and O–H groups in total. The van der Waals surface area contributed by atoms with Gasteiger partial charge in [-0.2, -0.15) is 5.10 Å². The Kier molecular flexibility index (Phi) is 6.26. The minimum Gasteiger partial charge on any atom is -0.465 e. The van der Waals surface area contributed by atoms with Crippen molar-refractivity contribution in [2.75, 3.05) is 6.54 Å². The van der Waals surface area contributed by atoms with Crippen LogP contribution >= 0.6 is 11.6 Å². The lowest BCUT2D eigenvalue weighted by molar-refractivity contribution is 0.101. The third-order valence-electron chi connectivity index (χ3n) is 4.65. The van der Waals surface area contributed by atoms with Gasteiger partial charge in [0.25, 0.3) is 0 Å². The number of rotatable bonds is 5. The SMILES string of the molecule is CC(C)(C)N(CCc1ncc(-c2cc(Cl)cc(F)c2-n2cc(F)cn2)cc1F)C(=O)O. The van der Waals surface area contributed by atoms with Gasteiger partial charge in [0.05, 0.1) is 18.1 Å². The Bertz CT molecular complexity index is 1130. The Morgan fingerprint density at radius 3 is 2.42 bits per heavy atom. The topological polar surface area (TPSA) is 71.2 Å². The molecular weight excluding hydrogens is 433 g/mol. The fourth-order valence-electron chi connectivity index (χ4n) is 3.18. The number of benzene rings is 1. The molecule has 0 spiro atoms. The minimum atomic E-state index is -1.12. The second-order valence-electron chi connectivity index (χ2n) is 7.89. The van der Waals surface area contributed by atoms with Gasteiger partial charge in [0.2, 0.25) is 0 Å². The number of aromatic nitrogens is 3. The predicted octanol–water partition coefficient (Wildman–Crippen LogP) is 5.33. The van der Waals surface area contributed by atoms with Gasteiger partial charge in [0, 0.05) is 40.9 Å². The zero-order chi connectivity index (χ0) is 22.9. The first-order valence-electron chi connectivity index (χ1n) is 9.32. The molecule has 1 amide bonds. The summed E-state index contributed by atoms with van der Waals surface area (Å²) in [5.74, 6) is -2.12. The van der Waals surface area contributed by atoms with Gasteiger partial charge in [-0.25, -0.2) is 22.6 Å². The van der Waals surface area contributed by atoms with Gasteiger partial charge in [-0.1, -0.05) is 11.6 Å². The number of carboxylic acid groups (broad SMARTS) is 1. The van der Waals surface area contributed by atoms with E-state index in [1.807, 2.05) is 0 Å². The van der Waals surface area contributed by atoms with E-state index in [1.165, 1.54) is 17.2 Å². The molecule has 0 fully saturated rings. The Balaban J connectivity index is 1.96. The van der Waals surface area contributed by atoms with Gasteiger partial charge in [-0.15, -0.1) is 0 Å². The normalized spacial score (nSPS) is 11.6. The number of pyridine rings is 1. The van der Waals surface area contributed by atoms with E-state index in [4.69, 9.17) is 11.6 Å². The van der Waals surface area contributed by atoms with Crippen LogP contribution in [0.2, 0.25) is 5.02 Å². The van der Waals surface area contributed by atoms with Gasteiger partial charge in [0.15, 0.2) is 11.6 Å². The van der Waals surface area contributed by atoms with Crippen molar-refractivity contribution in [2.45, 2.75) is 32.7 Å². The summed E-state index contributed by atoms with van der Waals surface area (Å²) in [5, 5.41) is 13.2. The predicted molar refractivity (Wildman–Crippen MR) is 110 cm³/mol. The molecule has 3 aromatic rings. The van der Waals surface area contributed by atoms with E-state index in [2.05, 4.69) is 10.1 Å². The van der Waals surface area contributed by atoms with Crippen molar-refractivity contribution in [1.29, 1.82) is 0 Å². The Hall–Kier alpha value is -3.07. The summed E-state index contributed by atoms with van der Waals surface area (Å²) in [4.78, 5) is 16.8. The summed E-state index contributed by atoms with van der Waals surface area (Å²) in [7, 11) is 0. The average molecular weight is 453 g/mol. The highest BCUT2D eigenvalue weighted by molar-refractivity contribution is 6.31. The van der Waals surface area contributed by atoms with Gasteiger partial charge < -0.3 is 10.0 Å². The number of carbonyl (C=O) groups is 1. The lowest BCUT2D eigenvalue weighted by Crippen LogP contribution is -2.46. The van der Waals surface area contributed by atoms with E-state index in [0.29, 0.717) is 0 Å². The van der Waals surface area contributed by atoms with E-state index in [0.717, 1.165) is 29.2 Å². The van der Waals surface area contributed by atoms with Crippen LogP contribution < -0.4 is 0 Å². The second-order valence-corrected chi connectivity index (χ2v) is 8.33. The van der Waals surface area contributed by atoms with Crippen molar-refractivity contribution < 1.29 is 23.1 Å². The zero-order valence-corrected chi connectivity index (χ0v) is 17.8. The molecule has 31 heavy (non-hydrogen) atoms. The largest absolute Gasteiger partial charge is 0.465 e. The van der Waals surface area contributed by atoms with Crippen LogP contribution in [0, 0.1) is 17.5 Å². The van der Waals surface area contributed by atoms with Crippen molar-refractivity contribution in [3.8, 4) is 16.8 Å². The molecule has 1 aromatic carbocycles. The summed E-state index contributed by atoms with van der Waals surface area (Å²) >= 11 is 5.97. The van der Waals surface area contributed by atoms with E-state index in [9.17, 15) is 23.1 Å². The van der Waals surface area contributed by atoms with Crippen molar-refractivity contribution in [3.63, 3.8) is 0 Å². The van der Waals surface area contributed by atoms with Crippen LogP contribution in [0.5, 0.6) is 0 Å². The molecule has 0 atom stereocenters. The monoisotopic (exact) mass is 452 g/mol. The molecule has 0 radical (unpaired) electrons. The van der Waals surface area contributed by atoms with Gasteiger partial charge in [-0.3, -0.25) is 4.98 Å². The minimum absolute atomic E-state index is 0.0473. The molecular formula is C21H20ClF3N4O2. The molecule has 6 nitrogen and oxygen atoms in total. The number of nitrogens with zero attached hydrogens (tertiary/aromatic N) is 4. The Morgan fingerprint density at radius 1 is 1.16 bits per heavy atom. The fourth-order valence-corrected chi connectivity index (χ4v) is 3.38. The maximum atomic E-state index is 14.8. The summed E-state index contributed by atoms with van der Waals surface area (Å²) in [6.07, 6.45) is 2.17. The molecule has 164 valence electrons. The highest BCUT2D eigenvalue weighted by Gasteiger charge is 2.26. The molecule has 0 saturated carbocycles. The summed E-state index contributed by atoms with van der Waals surface area (Å²) in [5.41, 5.74) is -0.318. The van der Waals surface area contributed by atoms with Crippen LogP contribution in [0.3, 0.4) is 0 Å². The number of halogens is 4. The summed E-state index contributed by atoms with van der Waals surface area (Å²) in [6.45, 7) is 5.26. The molecule has 0 aliphatic carbocycles. The molecule has 2 heterocycles. The Morgan fingerprint density at radius 2 is 1.87 bits per heavy atom. The molecule has 0 unspecified atom stereocenters. The average Bonchev–Trinajstić information content (AvgIpc) is 3.06. The second kappa shape index (κ2) is 8.58. The third kappa shape index (κ3) is 4.99. The fraction of sp³-hybridized carbons (Fsp3) is 0.286. The molecule has 10 heteroatoms. The highest BCUT2D eigenvalue weighted by atomic mass is 35.5. The number of hydrogen-bond acceptors (Lipinski definition) is 3. The van der Waals surface area contributed by atoms with E-state index in [-0.39, 0.29) is 40.5 Å². The molecule has 3 rings (SSSR count). The third-order valence-corrected chi connectivity index (χ3v) is 4.87. The van der Waals surface area contributed by atoms with Crippen molar-refractivity contribution >= 4 is 17.7 Å². The number of hydrogen-bond donors (Lipinski definition) is 1. The van der Waals surface area contributed by atoms with Crippen LogP contribution in [0.1, 0.15) is 26.5 Å². The van der Waals surface area contributed by atoms with Crippen LogP contribution in [0.25, 0.3) is 16.8 Å². The lowest BCUT2D eigenvalue weighted by atomic mass is 10.0. The van der Waals surface area contributed by atoms with Gasteiger partial charge in [0.1, 0.15) is 11.5 Å². The lowest BCUT2D eigenvalue weighted by Gasteiger charge is -2.33. The highest BCUT2D eigenvalue weighted by Crippen LogP contribution is 2.32.